The summed E-state index contributed by atoms with van der Waals surface area (Å²) in [5.41, 5.74) is 0. The van der Waals surface area contributed by atoms with Crippen LogP contribution in [0.3, 0.4) is 0 Å². The molecular formula is C9H12ClNO4S2. The van der Waals surface area contributed by atoms with Gasteiger partial charge in [-0.05, 0) is 17.4 Å². The van der Waals surface area contributed by atoms with Crippen molar-refractivity contribution in [3.05, 3.63) is 16.5 Å². The van der Waals surface area contributed by atoms with Crippen LogP contribution in [0.2, 0.25) is 5.02 Å². The van der Waals surface area contributed by atoms with E-state index >= 15 is 0 Å². The van der Waals surface area contributed by atoms with Gasteiger partial charge in [-0.3, -0.25) is 4.79 Å². The molecule has 0 aliphatic carbocycles. The van der Waals surface area contributed by atoms with Gasteiger partial charge in [-0.1, -0.05) is 25.4 Å². The van der Waals surface area contributed by atoms with Gasteiger partial charge in [0.05, 0.1) is 5.02 Å². The molecule has 0 saturated heterocycles. The van der Waals surface area contributed by atoms with Crippen molar-refractivity contribution in [1.82, 2.24) is 4.72 Å². The van der Waals surface area contributed by atoms with Gasteiger partial charge >= 0.3 is 5.97 Å². The molecule has 1 aromatic rings. The Balaban J connectivity index is 3.01. The first-order valence-electron chi connectivity index (χ1n) is 4.74. The lowest BCUT2D eigenvalue weighted by Gasteiger charge is -2.17. The lowest BCUT2D eigenvalue weighted by molar-refractivity contribution is -0.140. The monoisotopic (exact) mass is 297 g/mol. The molecule has 1 aromatic heterocycles. The number of carbonyl (C=O) groups is 1. The molecule has 2 N–H and O–H groups in total. The van der Waals surface area contributed by atoms with Crippen molar-refractivity contribution in [3.63, 3.8) is 0 Å². The van der Waals surface area contributed by atoms with Gasteiger partial charge in [0.2, 0.25) is 0 Å². The molecule has 0 amide bonds. The summed E-state index contributed by atoms with van der Waals surface area (Å²) in [6.07, 6.45) is 0. The molecule has 1 rings (SSSR count). The number of hydrogen-bond acceptors (Lipinski definition) is 4. The number of rotatable bonds is 5. The Morgan fingerprint density at radius 3 is 2.47 bits per heavy atom. The number of aliphatic carboxylic acids is 1. The van der Waals surface area contributed by atoms with E-state index in [1.165, 1.54) is 11.4 Å². The summed E-state index contributed by atoms with van der Waals surface area (Å²) in [4.78, 5) is 10.9. The fourth-order valence-electron chi connectivity index (χ4n) is 1.16. The molecule has 0 bridgehead atoms. The van der Waals surface area contributed by atoms with E-state index in [9.17, 15) is 13.2 Å². The Labute approximate surface area is 108 Å². The SMILES string of the molecule is CC(C)C(NS(=O)(=O)c1sccc1Cl)C(=O)O. The van der Waals surface area contributed by atoms with Crippen LogP contribution in [0.25, 0.3) is 0 Å². The van der Waals surface area contributed by atoms with Crippen molar-refractivity contribution >= 4 is 38.9 Å². The summed E-state index contributed by atoms with van der Waals surface area (Å²) in [5, 5.41) is 10.5. The number of sulfonamides is 1. The third-order valence-corrected chi connectivity index (χ3v) is 5.51. The summed E-state index contributed by atoms with van der Waals surface area (Å²) in [6, 6.07) is 0.282. The first-order chi connectivity index (χ1) is 7.75. The predicted molar refractivity (Wildman–Crippen MR) is 65.9 cm³/mol. The molecule has 8 heteroatoms. The van der Waals surface area contributed by atoms with Crippen LogP contribution in [-0.2, 0) is 14.8 Å². The van der Waals surface area contributed by atoms with E-state index in [4.69, 9.17) is 16.7 Å². The summed E-state index contributed by atoms with van der Waals surface area (Å²) < 4.78 is 25.8. The zero-order valence-corrected chi connectivity index (χ0v) is 11.6. The fraction of sp³-hybridized carbons (Fsp3) is 0.444. The van der Waals surface area contributed by atoms with E-state index in [1.807, 2.05) is 0 Å². The highest BCUT2D eigenvalue weighted by atomic mass is 35.5. The lowest BCUT2D eigenvalue weighted by Crippen LogP contribution is -2.44. The van der Waals surface area contributed by atoms with E-state index in [0.29, 0.717) is 0 Å². The summed E-state index contributed by atoms with van der Waals surface area (Å²) >= 11 is 6.66. The van der Waals surface area contributed by atoms with E-state index in [0.717, 1.165) is 11.3 Å². The maximum absolute atomic E-state index is 11.9. The van der Waals surface area contributed by atoms with E-state index < -0.39 is 22.0 Å². The van der Waals surface area contributed by atoms with Crippen molar-refractivity contribution in [2.75, 3.05) is 0 Å². The minimum atomic E-state index is -3.88. The molecule has 1 heterocycles. The number of carboxylic acids is 1. The summed E-state index contributed by atoms with van der Waals surface area (Å²) in [7, 11) is -3.88. The molecule has 5 nitrogen and oxygen atoms in total. The normalized spacial score (nSPS) is 13.9. The van der Waals surface area contributed by atoms with Gasteiger partial charge in [0.1, 0.15) is 6.04 Å². The number of thiophene rings is 1. The Morgan fingerprint density at radius 2 is 2.12 bits per heavy atom. The predicted octanol–water partition coefficient (Wildman–Crippen LogP) is 1.79. The highest BCUT2D eigenvalue weighted by Gasteiger charge is 2.29. The molecule has 0 fully saturated rings. The average molecular weight is 298 g/mol. The molecule has 0 saturated carbocycles. The Hall–Kier alpha value is -0.630. The zero-order valence-electron chi connectivity index (χ0n) is 9.18. The van der Waals surface area contributed by atoms with Crippen LogP contribution in [-0.4, -0.2) is 25.5 Å². The number of hydrogen-bond donors (Lipinski definition) is 2. The van der Waals surface area contributed by atoms with E-state index in [-0.39, 0.29) is 15.1 Å². The molecule has 0 aromatic carbocycles. The van der Waals surface area contributed by atoms with Gasteiger partial charge in [0.15, 0.2) is 4.21 Å². The topological polar surface area (TPSA) is 83.5 Å². The summed E-state index contributed by atoms with van der Waals surface area (Å²) in [5.74, 6) is -1.57. The molecule has 0 aliphatic rings. The molecule has 0 radical (unpaired) electrons. The number of nitrogens with one attached hydrogen (secondary N) is 1. The average Bonchev–Trinajstić information content (AvgIpc) is 2.60. The third-order valence-electron chi connectivity index (χ3n) is 2.04. The van der Waals surface area contributed by atoms with Gasteiger partial charge in [-0.25, -0.2) is 8.42 Å². The van der Waals surface area contributed by atoms with Crippen LogP contribution in [0.1, 0.15) is 13.8 Å². The third kappa shape index (κ3) is 3.41. The molecule has 0 spiro atoms. The second-order valence-electron chi connectivity index (χ2n) is 3.74. The number of carboxylic acid groups (broad SMARTS) is 1. The molecule has 96 valence electrons. The zero-order chi connectivity index (χ0) is 13.2. The molecule has 17 heavy (non-hydrogen) atoms. The largest absolute Gasteiger partial charge is 0.480 e. The highest BCUT2D eigenvalue weighted by molar-refractivity contribution is 7.91. The van der Waals surface area contributed by atoms with Gasteiger partial charge in [0, 0.05) is 0 Å². The van der Waals surface area contributed by atoms with Crippen molar-refractivity contribution in [1.29, 1.82) is 0 Å². The fourth-order valence-corrected chi connectivity index (χ4v) is 4.21. The van der Waals surface area contributed by atoms with Crippen LogP contribution in [0.5, 0.6) is 0 Å². The van der Waals surface area contributed by atoms with Gasteiger partial charge in [0.25, 0.3) is 10.0 Å². The van der Waals surface area contributed by atoms with Gasteiger partial charge in [-0.15, -0.1) is 11.3 Å². The first kappa shape index (κ1) is 14.4. The molecule has 0 aliphatic heterocycles. The Morgan fingerprint density at radius 1 is 1.53 bits per heavy atom. The smallest absolute Gasteiger partial charge is 0.322 e. The first-order valence-corrected chi connectivity index (χ1v) is 7.48. The molecule has 1 unspecified atom stereocenters. The van der Waals surface area contributed by atoms with Crippen LogP contribution in [0.4, 0.5) is 0 Å². The molecule has 1 atom stereocenters. The highest BCUT2D eigenvalue weighted by Crippen LogP contribution is 2.27. The van der Waals surface area contributed by atoms with Gasteiger partial charge in [-0.2, -0.15) is 4.72 Å². The maximum Gasteiger partial charge on any atom is 0.322 e. The van der Waals surface area contributed by atoms with E-state index in [2.05, 4.69) is 4.72 Å². The second-order valence-corrected chi connectivity index (χ2v) is 6.97. The van der Waals surface area contributed by atoms with Crippen molar-refractivity contribution < 1.29 is 18.3 Å². The minimum absolute atomic E-state index is 0.0638. The minimum Gasteiger partial charge on any atom is -0.480 e. The molecular weight excluding hydrogens is 286 g/mol. The lowest BCUT2D eigenvalue weighted by atomic mass is 10.1. The standard InChI is InChI=1S/C9H12ClNO4S2/c1-5(2)7(8(12)13)11-17(14,15)9-6(10)3-4-16-9/h3-5,7,11H,1-2H3,(H,12,13). The Bertz CT molecular complexity index is 509. The van der Waals surface area contributed by atoms with Gasteiger partial charge < -0.3 is 5.11 Å². The van der Waals surface area contributed by atoms with Crippen LogP contribution in [0, 0.1) is 5.92 Å². The second kappa shape index (κ2) is 5.34. The maximum atomic E-state index is 11.9. The van der Waals surface area contributed by atoms with Crippen LogP contribution < -0.4 is 4.72 Å². The number of halogens is 1. The van der Waals surface area contributed by atoms with Crippen molar-refractivity contribution in [2.45, 2.75) is 24.1 Å². The van der Waals surface area contributed by atoms with Crippen molar-refractivity contribution in [3.8, 4) is 0 Å². The quantitative estimate of drug-likeness (QED) is 0.868. The van der Waals surface area contributed by atoms with Crippen LogP contribution in [0.15, 0.2) is 15.7 Å². The van der Waals surface area contributed by atoms with E-state index in [1.54, 1.807) is 13.8 Å². The Kier molecular flexibility index (Phi) is 4.54. The van der Waals surface area contributed by atoms with Crippen molar-refractivity contribution in [2.24, 2.45) is 5.92 Å². The van der Waals surface area contributed by atoms with Crippen LogP contribution >= 0.6 is 22.9 Å². The summed E-state index contributed by atoms with van der Waals surface area (Å²) in [6.45, 7) is 3.24.